The molecule has 0 spiro atoms. The summed E-state index contributed by atoms with van der Waals surface area (Å²) in [5.74, 6) is -2.35. The summed E-state index contributed by atoms with van der Waals surface area (Å²) in [5.41, 5.74) is 0. The maximum absolute atomic E-state index is 9.56. The third-order valence-electron chi connectivity index (χ3n) is 3.44. The summed E-state index contributed by atoms with van der Waals surface area (Å²) in [6.07, 6.45) is 0. The lowest BCUT2D eigenvalue weighted by atomic mass is 9.97. The number of benzene rings is 2. The van der Waals surface area contributed by atoms with E-state index in [1.54, 1.807) is 36.4 Å². The van der Waals surface area contributed by atoms with Crippen LogP contribution in [0, 0.1) is 45.3 Å². The highest BCUT2D eigenvalue weighted by atomic mass is 35.5. The van der Waals surface area contributed by atoms with E-state index >= 15 is 0 Å². The van der Waals surface area contributed by atoms with Gasteiger partial charge in [0.05, 0.1) is 52.1 Å². The van der Waals surface area contributed by atoms with Crippen LogP contribution in [0.4, 0.5) is 0 Å². The molecule has 0 aliphatic heterocycles. The standard InChI is InChI=1S/C18H10Cl4N4S2/c19-11-3-1-4-12(20)15(11)27-17(25)9(7-23)10(8-24)18(26)28-16-13(21)5-2-6-14(16)22/h1-6,9-10,25-26H. The monoisotopic (exact) mass is 486 g/mol. The van der Waals surface area contributed by atoms with Gasteiger partial charge in [-0.2, -0.15) is 10.5 Å². The summed E-state index contributed by atoms with van der Waals surface area (Å²) in [6.45, 7) is 0. The number of hydrogen-bond donors (Lipinski definition) is 2. The van der Waals surface area contributed by atoms with Crippen LogP contribution in [0.15, 0.2) is 46.2 Å². The SMILES string of the molecule is N#CC(C(=N)Sc1c(Cl)cccc1Cl)C(C#N)C(=N)Sc1c(Cl)cccc1Cl. The summed E-state index contributed by atoms with van der Waals surface area (Å²) in [4.78, 5) is 0.835. The first-order valence-electron chi connectivity index (χ1n) is 7.50. The van der Waals surface area contributed by atoms with Gasteiger partial charge in [0.25, 0.3) is 0 Å². The highest BCUT2D eigenvalue weighted by molar-refractivity contribution is 8.14. The molecule has 142 valence electrons. The normalized spacial score (nSPS) is 12.5. The van der Waals surface area contributed by atoms with Crippen LogP contribution in [0.25, 0.3) is 0 Å². The second-order valence-corrected chi connectivity index (χ2v) is 8.98. The van der Waals surface area contributed by atoms with Gasteiger partial charge in [0, 0.05) is 0 Å². The Bertz CT molecular complexity index is 892. The van der Waals surface area contributed by atoms with Crippen LogP contribution in [0.1, 0.15) is 0 Å². The fourth-order valence-electron chi connectivity index (χ4n) is 2.08. The zero-order valence-electron chi connectivity index (χ0n) is 13.8. The molecule has 0 fully saturated rings. The van der Waals surface area contributed by atoms with Gasteiger partial charge in [0.1, 0.15) is 11.8 Å². The largest absolute Gasteiger partial charge is 0.297 e. The molecule has 2 aromatic carbocycles. The van der Waals surface area contributed by atoms with E-state index in [-0.39, 0.29) is 10.1 Å². The van der Waals surface area contributed by atoms with Gasteiger partial charge >= 0.3 is 0 Å². The Morgan fingerprint density at radius 3 is 1.25 bits per heavy atom. The van der Waals surface area contributed by atoms with Crippen molar-refractivity contribution < 1.29 is 0 Å². The Morgan fingerprint density at radius 1 is 0.714 bits per heavy atom. The zero-order chi connectivity index (χ0) is 20.8. The van der Waals surface area contributed by atoms with E-state index in [0.717, 1.165) is 23.5 Å². The van der Waals surface area contributed by atoms with Crippen LogP contribution < -0.4 is 0 Å². The molecule has 4 nitrogen and oxygen atoms in total. The fourth-order valence-corrected chi connectivity index (χ4v) is 5.07. The summed E-state index contributed by atoms with van der Waals surface area (Å²) >= 11 is 26.2. The van der Waals surface area contributed by atoms with Crippen molar-refractivity contribution in [3.05, 3.63) is 56.5 Å². The van der Waals surface area contributed by atoms with Crippen LogP contribution in [-0.2, 0) is 0 Å². The lowest BCUT2D eigenvalue weighted by molar-refractivity contribution is 0.787. The van der Waals surface area contributed by atoms with Gasteiger partial charge in [-0.3, -0.25) is 10.8 Å². The lowest BCUT2D eigenvalue weighted by Gasteiger charge is -2.18. The molecule has 2 rings (SSSR count). The van der Waals surface area contributed by atoms with Gasteiger partial charge in [-0.05, 0) is 24.3 Å². The minimum absolute atomic E-state index is 0.139. The second kappa shape index (κ2) is 10.4. The smallest absolute Gasteiger partial charge is 0.116 e. The number of halogens is 4. The number of thioether (sulfide) groups is 2. The minimum Gasteiger partial charge on any atom is -0.297 e. The number of nitrogens with one attached hydrogen (secondary N) is 2. The molecule has 0 aliphatic carbocycles. The average Bonchev–Trinajstić information content (AvgIpc) is 2.65. The average molecular weight is 488 g/mol. The van der Waals surface area contributed by atoms with Crippen LogP contribution in [-0.4, -0.2) is 10.1 Å². The van der Waals surface area contributed by atoms with Crippen LogP contribution in [0.5, 0.6) is 0 Å². The summed E-state index contributed by atoms with van der Waals surface area (Å²) in [5, 5.41) is 36.7. The molecular formula is C18H10Cl4N4S2. The molecule has 0 amide bonds. The minimum atomic E-state index is -1.18. The maximum Gasteiger partial charge on any atom is 0.116 e. The van der Waals surface area contributed by atoms with E-state index in [0.29, 0.717) is 29.9 Å². The van der Waals surface area contributed by atoms with Gasteiger partial charge in [-0.1, -0.05) is 82.1 Å². The molecule has 0 bridgehead atoms. The molecule has 28 heavy (non-hydrogen) atoms. The van der Waals surface area contributed by atoms with Crippen LogP contribution in [0.2, 0.25) is 20.1 Å². The number of rotatable bonds is 5. The van der Waals surface area contributed by atoms with Gasteiger partial charge in [-0.15, -0.1) is 0 Å². The number of hydrogen-bond acceptors (Lipinski definition) is 6. The molecule has 0 radical (unpaired) electrons. The van der Waals surface area contributed by atoms with Gasteiger partial charge in [-0.25, -0.2) is 0 Å². The van der Waals surface area contributed by atoms with Gasteiger partial charge < -0.3 is 0 Å². The molecule has 2 atom stereocenters. The third-order valence-corrected chi connectivity index (χ3v) is 7.38. The summed E-state index contributed by atoms with van der Waals surface area (Å²) in [7, 11) is 0. The Kier molecular flexibility index (Phi) is 8.52. The molecule has 2 aromatic rings. The highest BCUT2D eigenvalue weighted by Crippen LogP contribution is 2.40. The van der Waals surface area contributed by atoms with E-state index in [2.05, 4.69) is 0 Å². The molecule has 0 heterocycles. The molecule has 2 N–H and O–H groups in total. The van der Waals surface area contributed by atoms with Crippen molar-refractivity contribution in [1.29, 1.82) is 21.3 Å². The molecule has 10 heteroatoms. The topological polar surface area (TPSA) is 95.3 Å². The van der Waals surface area contributed by atoms with Crippen molar-refractivity contribution in [2.45, 2.75) is 9.79 Å². The quantitative estimate of drug-likeness (QED) is 0.260. The number of nitrogens with zero attached hydrogens (tertiary/aromatic N) is 2. The van der Waals surface area contributed by atoms with Crippen molar-refractivity contribution >= 4 is 80.0 Å². The summed E-state index contributed by atoms with van der Waals surface area (Å²) < 4.78 is 0. The Morgan fingerprint density at radius 2 is 1.00 bits per heavy atom. The molecule has 0 aliphatic rings. The Labute approximate surface area is 190 Å². The lowest BCUT2D eigenvalue weighted by Crippen LogP contribution is -2.24. The second-order valence-electron chi connectivity index (χ2n) is 5.25. The summed E-state index contributed by atoms with van der Waals surface area (Å²) in [6, 6.07) is 13.7. The molecule has 2 unspecified atom stereocenters. The van der Waals surface area contributed by atoms with E-state index in [1.807, 2.05) is 12.1 Å². The van der Waals surface area contributed by atoms with Crippen molar-refractivity contribution in [1.82, 2.24) is 0 Å². The van der Waals surface area contributed by atoms with Crippen molar-refractivity contribution in [2.24, 2.45) is 11.8 Å². The predicted octanol–water partition coefficient (Wildman–Crippen LogP) is 7.42. The molecule has 0 aromatic heterocycles. The van der Waals surface area contributed by atoms with E-state index in [1.165, 1.54) is 0 Å². The van der Waals surface area contributed by atoms with E-state index in [4.69, 9.17) is 57.2 Å². The number of nitriles is 2. The van der Waals surface area contributed by atoms with Gasteiger partial charge in [0.2, 0.25) is 0 Å². The third kappa shape index (κ3) is 5.36. The first-order valence-corrected chi connectivity index (χ1v) is 10.6. The first kappa shape index (κ1) is 22.9. The van der Waals surface area contributed by atoms with Crippen LogP contribution >= 0.6 is 69.9 Å². The zero-order valence-corrected chi connectivity index (χ0v) is 18.5. The maximum atomic E-state index is 9.56. The van der Waals surface area contributed by atoms with Crippen molar-refractivity contribution in [3.8, 4) is 12.1 Å². The van der Waals surface area contributed by atoms with Crippen molar-refractivity contribution in [2.75, 3.05) is 0 Å². The van der Waals surface area contributed by atoms with E-state index < -0.39 is 11.8 Å². The molecular weight excluding hydrogens is 478 g/mol. The van der Waals surface area contributed by atoms with E-state index in [9.17, 15) is 10.5 Å². The fraction of sp³-hybridized carbons (Fsp3) is 0.111. The Hall–Kier alpha value is -1.38. The van der Waals surface area contributed by atoms with Gasteiger partial charge in [0.15, 0.2) is 0 Å². The molecule has 0 saturated heterocycles. The Balaban J connectivity index is 2.25. The highest BCUT2D eigenvalue weighted by Gasteiger charge is 2.32. The predicted molar refractivity (Wildman–Crippen MR) is 118 cm³/mol. The van der Waals surface area contributed by atoms with Crippen molar-refractivity contribution in [3.63, 3.8) is 0 Å². The first-order chi connectivity index (χ1) is 13.3. The van der Waals surface area contributed by atoms with Crippen LogP contribution in [0.3, 0.4) is 0 Å². The molecule has 0 saturated carbocycles.